The molecule has 2 fully saturated rings. The van der Waals surface area contributed by atoms with Crippen LogP contribution in [0.25, 0.3) is 0 Å². The van der Waals surface area contributed by atoms with Gasteiger partial charge in [0.15, 0.2) is 6.23 Å². The van der Waals surface area contributed by atoms with Crippen molar-refractivity contribution in [2.45, 2.75) is 38.6 Å². The minimum Gasteiger partial charge on any atom is -0.497 e. The molecular weight excluding hydrogens is 314 g/mol. The smallest absolute Gasteiger partial charge is 0.234 e. The zero-order valence-corrected chi connectivity index (χ0v) is 14.6. The Kier molecular flexibility index (Phi) is 4.00. The zero-order chi connectivity index (χ0) is 17.4. The molecule has 0 radical (unpaired) electrons. The lowest BCUT2D eigenvalue weighted by Crippen LogP contribution is -2.51. The van der Waals surface area contributed by atoms with Gasteiger partial charge in [0, 0.05) is 12.1 Å². The molecule has 1 saturated heterocycles. The standard InChI is InChI=1S/C21H23NO3/c1-15-21(12-13-21)20(23)22(14-16-6-4-3-5-7-16)19(25-15)17-8-10-18(24-2)11-9-17/h3-11,15,19H,12-14H2,1-2H3. The molecule has 2 aromatic rings. The maximum atomic E-state index is 13.3. The summed E-state index contributed by atoms with van der Waals surface area (Å²) in [4.78, 5) is 15.1. The van der Waals surface area contributed by atoms with Gasteiger partial charge < -0.3 is 14.4 Å². The number of amides is 1. The van der Waals surface area contributed by atoms with Gasteiger partial charge in [-0.3, -0.25) is 4.79 Å². The Bertz CT molecular complexity index is 752. The lowest BCUT2D eigenvalue weighted by molar-refractivity contribution is -0.194. The van der Waals surface area contributed by atoms with Crippen LogP contribution in [0.3, 0.4) is 0 Å². The van der Waals surface area contributed by atoms with Crippen molar-refractivity contribution in [1.29, 1.82) is 0 Å². The third-order valence-corrected chi connectivity index (χ3v) is 5.47. The van der Waals surface area contributed by atoms with Crippen molar-refractivity contribution in [3.63, 3.8) is 0 Å². The summed E-state index contributed by atoms with van der Waals surface area (Å²) in [6.45, 7) is 2.59. The van der Waals surface area contributed by atoms with Crippen LogP contribution >= 0.6 is 0 Å². The lowest BCUT2D eigenvalue weighted by Gasteiger charge is -2.43. The second kappa shape index (κ2) is 6.19. The third kappa shape index (κ3) is 2.81. The van der Waals surface area contributed by atoms with Crippen molar-refractivity contribution in [3.05, 3.63) is 65.7 Å². The highest BCUT2D eigenvalue weighted by Crippen LogP contribution is 2.56. The first-order chi connectivity index (χ1) is 12.1. The van der Waals surface area contributed by atoms with Crippen LogP contribution in [0.2, 0.25) is 0 Å². The summed E-state index contributed by atoms with van der Waals surface area (Å²) in [5, 5.41) is 0. The molecule has 4 nitrogen and oxygen atoms in total. The maximum Gasteiger partial charge on any atom is 0.234 e. The van der Waals surface area contributed by atoms with Gasteiger partial charge >= 0.3 is 0 Å². The van der Waals surface area contributed by atoms with Crippen LogP contribution in [0.1, 0.15) is 37.1 Å². The molecule has 1 aliphatic heterocycles. The van der Waals surface area contributed by atoms with Gasteiger partial charge in [-0.15, -0.1) is 0 Å². The quantitative estimate of drug-likeness (QED) is 0.849. The van der Waals surface area contributed by atoms with Crippen molar-refractivity contribution >= 4 is 5.91 Å². The minimum absolute atomic E-state index is 0.0564. The number of nitrogens with zero attached hydrogens (tertiary/aromatic N) is 1. The predicted octanol–water partition coefficient (Wildman–Crippen LogP) is 3.92. The molecule has 1 saturated carbocycles. The number of methoxy groups -OCH3 is 1. The first-order valence-electron chi connectivity index (χ1n) is 8.78. The van der Waals surface area contributed by atoms with Gasteiger partial charge in [0.05, 0.1) is 18.6 Å². The molecule has 4 heteroatoms. The molecule has 2 aromatic carbocycles. The first kappa shape index (κ1) is 16.2. The fraction of sp³-hybridized carbons (Fsp3) is 0.381. The Morgan fingerprint density at radius 2 is 1.80 bits per heavy atom. The van der Waals surface area contributed by atoms with Crippen molar-refractivity contribution in [3.8, 4) is 5.75 Å². The summed E-state index contributed by atoms with van der Waals surface area (Å²) in [5.74, 6) is 1.02. The molecule has 1 aliphatic carbocycles. The van der Waals surface area contributed by atoms with E-state index in [9.17, 15) is 4.79 Å². The van der Waals surface area contributed by atoms with E-state index in [2.05, 4.69) is 12.1 Å². The van der Waals surface area contributed by atoms with Crippen molar-refractivity contribution < 1.29 is 14.3 Å². The van der Waals surface area contributed by atoms with Crippen LogP contribution in [0.4, 0.5) is 0 Å². The van der Waals surface area contributed by atoms with E-state index in [4.69, 9.17) is 9.47 Å². The highest BCUT2D eigenvalue weighted by molar-refractivity contribution is 5.87. The molecule has 2 unspecified atom stereocenters. The van der Waals surface area contributed by atoms with Gasteiger partial charge in [-0.05, 0) is 37.5 Å². The van der Waals surface area contributed by atoms with E-state index in [1.807, 2.05) is 54.3 Å². The Balaban J connectivity index is 1.67. The number of carbonyl (C=O) groups is 1. The molecular formula is C21H23NO3. The largest absolute Gasteiger partial charge is 0.497 e. The fourth-order valence-electron chi connectivity index (χ4n) is 3.68. The molecule has 130 valence electrons. The van der Waals surface area contributed by atoms with Crippen molar-refractivity contribution in [1.82, 2.24) is 4.90 Å². The van der Waals surface area contributed by atoms with Gasteiger partial charge in [-0.25, -0.2) is 0 Å². The summed E-state index contributed by atoms with van der Waals surface area (Å²) >= 11 is 0. The Hall–Kier alpha value is -2.33. The first-order valence-corrected chi connectivity index (χ1v) is 8.78. The number of carbonyl (C=O) groups excluding carboxylic acids is 1. The van der Waals surface area contributed by atoms with E-state index in [-0.39, 0.29) is 23.7 Å². The molecule has 0 aromatic heterocycles. The number of hydrogen-bond donors (Lipinski definition) is 0. The maximum absolute atomic E-state index is 13.3. The van der Waals surface area contributed by atoms with Crippen LogP contribution in [-0.4, -0.2) is 24.0 Å². The third-order valence-electron chi connectivity index (χ3n) is 5.47. The summed E-state index contributed by atoms with van der Waals surface area (Å²) < 4.78 is 11.6. The Morgan fingerprint density at radius 1 is 1.12 bits per heavy atom. The normalized spacial score (nSPS) is 24.4. The van der Waals surface area contributed by atoms with Crippen LogP contribution in [0.5, 0.6) is 5.75 Å². The van der Waals surface area contributed by atoms with Gasteiger partial charge in [0.2, 0.25) is 5.91 Å². The molecule has 4 rings (SSSR count). The molecule has 1 heterocycles. The van der Waals surface area contributed by atoms with Crippen molar-refractivity contribution in [2.24, 2.45) is 5.41 Å². The van der Waals surface area contributed by atoms with Crippen LogP contribution in [0, 0.1) is 5.41 Å². The number of ether oxygens (including phenoxy) is 2. The SMILES string of the molecule is COc1ccc(C2OC(C)C3(CC3)C(=O)N2Cc2ccccc2)cc1. The van der Waals surface area contributed by atoms with E-state index >= 15 is 0 Å². The van der Waals surface area contributed by atoms with Crippen LogP contribution in [-0.2, 0) is 16.1 Å². The number of hydrogen-bond acceptors (Lipinski definition) is 3. The summed E-state index contributed by atoms with van der Waals surface area (Å²) in [5.41, 5.74) is 1.79. The number of rotatable bonds is 4. The van der Waals surface area contributed by atoms with E-state index in [1.165, 1.54) is 0 Å². The van der Waals surface area contributed by atoms with E-state index in [1.54, 1.807) is 7.11 Å². The Labute approximate surface area is 148 Å². The molecule has 2 aliphatic rings. The predicted molar refractivity (Wildman–Crippen MR) is 94.9 cm³/mol. The van der Waals surface area contributed by atoms with Gasteiger partial charge in [-0.1, -0.05) is 42.5 Å². The highest BCUT2D eigenvalue weighted by atomic mass is 16.5. The average molecular weight is 337 g/mol. The topological polar surface area (TPSA) is 38.8 Å². The monoisotopic (exact) mass is 337 g/mol. The summed E-state index contributed by atoms with van der Waals surface area (Å²) in [6, 6.07) is 17.9. The Morgan fingerprint density at radius 3 is 2.40 bits per heavy atom. The van der Waals surface area contributed by atoms with Crippen molar-refractivity contribution in [2.75, 3.05) is 7.11 Å². The van der Waals surface area contributed by atoms with Crippen LogP contribution in [0.15, 0.2) is 54.6 Å². The highest BCUT2D eigenvalue weighted by Gasteiger charge is 2.60. The molecule has 1 spiro atoms. The molecule has 25 heavy (non-hydrogen) atoms. The molecule has 0 N–H and O–H groups in total. The van der Waals surface area contributed by atoms with Gasteiger partial charge in [-0.2, -0.15) is 0 Å². The summed E-state index contributed by atoms with van der Waals surface area (Å²) in [7, 11) is 1.65. The van der Waals surface area contributed by atoms with E-state index < -0.39 is 0 Å². The molecule has 2 atom stereocenters. The second-order valence-electron chi connectivity index (χ2n) is 6.98. The zero-order valence-electron chi connectivity index (χ0n) is 14.6. The van der Waals surface area contributed by atoms with Gasteiger partial charge in [0.25, 0.3) is 0 Å². The molecule has 1 amide bonds. The second-order valence-corrected chi connectivity index (χ2v) is 6.98. The molecule has 0 bridgehead atoms. The lowest BCUT2D eigenvalue weighted by atomic mass is 9.94. The van der Waals surface area contributed by atoms with Crippen LogP contribution < -0.4 is 4.74 Å². The fourth-order valence-corrected chi connectivity index (χ4v) is 3.68. The average Bonchev–Trinajstić information content (AvgIpc) is 3.45. The minimum atomic E-state index is -0.361. The van der Waals surface area contributed by atoms with E-state index in [0.29, 0.717) is 6.54 Å². The number of benzene rings is 2. The van der Waals surface area contributed by atoms with Gasteiger partial charge in [0.1, 0.15) is 5.75 Å². The summed E-state index contributed by atoms with van der Waals surface area (Å²) in [6.07, 6.45) is 1.43. The van der Waals surface area contributed by atoms with E-state index in [0.717, 1.165) is 29.7 Å².